The maximum Gasteiger partial charge on any atom is -0.0207 e. The molecule has 0 radical (unpaired) electrons. The van der Waals surface area contributed by atoms with Crippen LogP contribution < -0.4 is 0 Å². The van der Waals surface area contributed by atoms with E-state index in [1.54, 1.807) is 12.8 Å². The van der Waals surface area contributed by atoms with Crippen LogP contribution in [-0.2, 0) is 0 Å². The molecule has 9 atom stereocenters. The highest BCUT2D eigenvalue weighted by Crippen LogP contribution is 2.72. The minimum atomic E-state index is 0.509. The molecule has 3 saturated carbocycles. The Hall–Kier alpha value is 0. The largest absolute Gasteiger partial charge is 0.0651 e. The van der Waals surface area contributed by atoms with E-state index in [2.05, 4.69) is 62.3 Å². The van der Waals surface area contributed by atoms with Gasteiger partial charge in [-0.05, 0) is 103 Å². The average molecular weight is 417 g/mol. The van der Waals surface area contributed by atoms with Crippen LogP contribution in [0.4, 0.5) is 0 Å². The first-order chi connectivity index (χ1) is 14.1. The summed E-state index contributed by atoms with van der Waals surface area (Å²) >= 11 is 0. The van der Waals surface area contributed by atoms with E-state index < -0.39 is 0 Å². The van der Waals surface area contributed by atoms with E-state index in [-0.39, 0.29) is 0 Å². The van der Waals surface area contributed by atoms with E-state index >= 15 is 0 Å². The number of rotatable bonds is 12. The lowest BCUT2D eigenvalue weighted by Crippen LogP contribution is -2.40. The van der Waals surface area contributed by atoms with Gasteiger partial charge in [0.05, 0.1) is 0 Å². The van der Waals surface area contributed by atoms with Crippen molar-refractivity contribution in [2.45, 2.75) is 133 Å². The van der Waals surface area contributed by atoms with Crippen molar-refractivity contribution in [2.75, 3.05) is 0 Å². The van der Waals surface area contributed by atoms with Crippen LogP contribution in [0.25, 0.3) is 0 Å². The third kappa shape index (κ3) is 4.17. The van der Waals surface area contributed by atoms with E-state index in [1.807, 2.05) is 0 Å². The van der Waals surface area contributed by atoms with Gasteiger partial charge in [-0.15, -0.1) is 0 Å². The van der Waals surface area contributed by atoms with E-state index in [4.69, 9.17) is 0 Å². The van der Waals surface area contributed by atoms with Gasteiger partial charge in [0.25, 0.3) is 0 Å². The van der Waals surface area contributed by atoms with Gasteiger partial charge in [-0.1, -0.05) is 88.0 Å². The first-order valence-electron chi connectivity index (χ1n) is 14.1. The second kappa shape index (κ2) is 9.09. The molecular formula is C30H56. The van der Waals surface area contributed by atoms with Crippen molar-refractivity contribution in [1.82, 2.24) is 0 Å². The minimum Gasteiger partial charge on any atom is -0.0651 e. The first kappa shape index (κ1) is 24.6. The molecule has 0 nitrogen and oxygen atoms in total. The molecule has 30 heavy (non-hydrogen) atoms. The Morgan fingerprint density at radius 1 is 0.900 bits per heavy atom. The quantitative estimate of drug-likeness (QED) is 0.297. The summed E-state index contributed by atoms with van der Waals surface area (Å²) in [7, 11) is 0. The Labute approximate surface area is 190 Å². The molecule has 3 fully saturated rings. The monoisotopic (exact) mass is 416 g/mol. The van der Waals surface area contributed by atoms with Crippen molar-refractivity contribution in [2.24, 2.45) is 57.7 Å². The Bertz CT molecular complexity index is 560. The van der Waals surface area contributed by atoms with E-state index in [0.717, 1.165) is 46.8 Å². The van der Waals surface area contributed by atoms with Crippen LogP contribution in [-0.4, -0.2) is 0 Å². The van der Waals surface area contributed by atoms with Gasteiger partial charge in [0.2, 0.25) is 0 Å². The maximum atomic E-state index is 2.62. The molecule has 0 aromatic carbocycles. The van der Waals surface area contributed by atoms with Crippen LogP contribution in [0.2, 0.25) is 0 Å². The molecule has 0 aliphatic heterocycles. The molecule has 0 aromatic heterocycles. The number of hydrogen-bond donors (Lipinski definition) is 0. The highest BCUT2D eigenvalue weighted by Gasteiger charge is 2.64. The second-order valence-corrected chi connectivity index (χ2v) is 13.4. The molecule has 0 amide bonds. The van der Waals surface area contributed by atoms with E-state index in [9.17, 15) is 0 Å². The Morgan fingerprint density at radius 3 is 1.97 bits per heavy atom. The highest BCUT2D eigenvalue weighted by molar-refractivity contribution is 5.13. The van der Waals surface area contributed by atoms with Crippen molar-refractivity contribution in [3.05, 3.63) is 0 Å². The third-order valence-corrected chi connectivity index (χ3v) is 12.1. The fourth-order valence-electron chi connectivity index (χ4n) is 8.43. The fraction of sp³-hybridized carbons (Fsp3) is 1.00. The van der Waals surface area contributed by atoms with Crippen molar-refractivity contribution in [3.63, 3.8) is 0 Å². The second-order valence-electron chi connectivity index (χ2n) is 13.4. The maximum absolute atomic E-state index is 2.62. The van der Waals surface area contributed by atoms with E-state index in [1.165, 1.54) is 57.8 Å². The normalized spacial score (nSPS) is 39.9. The molecule has 0 aromatic rings. The van der Waals surface area contributed by atoms with Crippen molar-refractivity contribution in [1.29, 1.82) is 0 Å². The average Bonchev–Trinajstić information content (AvgIpc) is 3.42. The molecule has 0 heteroatoms. The van der Waals surface area contributed by atoms with Crippen molar-refractivity contribution < 1.29 is 0 Å². The summed E-state index contributed by atoms with van der Waals surface area (Å²) in [5.41, 5.74) is 1.87. The molecule has 9 unspecified atom stereocenters. The molecule has 3 aliphatic carbocycles. The van der Waals surface area contributed by atoms with Crippen LogP contribution in [0.5, 0.6) is 0 Å². The first-order valence-corrected chi connectivity index (χ1v) is 14.1. The molecule has 0 N–H and O–H groups in total. The van der Waals surface area contributed by atoms with Crippen LogP contribution >= 0.6 is 0 Å². The molecule has 176 valence electrons. The summed E-state index contributed by atoms with van der Waals surface area (Å²) in [5, 5.41) is 0. The van der Waals surface area contributed by atoms with Crippen molar-refractivity contribution in [3.8, 4) is 0 Å². The third-order valence-electron chi connectivity index (χ3n) is 12.1. The predicted molar refractivity (Wildman–Crippen MR) is 134 cm³/mol. The van der Waals surface area contributed by atoms with Gasteiger partial charge in [0, 0.05) is 0 Å². The molecule has 0 bridgehead atoms. The van der Waals surface area contributed by atoms with Gasteiger partial charge in [-0.2, -0.15) is 0 Å². The lowest BCUT2D eigenvalue weighted by Gasteiger charge is -2.49. The summed E-state index contributed by atoms with van der Waals surface area (Å²) in [5.74, 6) is 6.76. The lowest BCUT2D eigenvalue weighted by molar-refractivity contribution is 0.00697. The summed E-state index contributed by atoms with van der Waals surface area (Å²) in [6, 6.07) is 0. The standard InChI is InChI=1S/C30H56/c1-10-22(5)29(9,12-3)23(6)19-24(11-2)30(27-16-13-21(27)4)20-26(30)15-14-25-17-18-28(25,7)8/h21-27H,10-20H2,1-9H3. The summed E-state index contributed by atoms with van der Waals surface area (Å²) in [6.45, 7) is 22.7. The van der Waals surface area contributed by atoms with Crippen LogP contribution in [0.3, 0.4) is 0 Å². The summed E-state index contributed by atoms with van der Waals surface area (Å²) in [4.78, 5) is 0. The van der Waals surface area contributed by atoms with Gasteiger partial charge in [0.15, 0.2) is 0 Å². The fourth-order valence-corrected chi connectivity index (χ4v) is 8.43. The Kier molecular flexibility index (Phi) is 7.47. The highest BCUT2D eigenvalue weighted by atomic mass is 14.7. The summed E-state index contributed by atoms with van der Waals surface area (Å²) in [6.07, 6.45) is 16.2. The van der Waals surface area contributed by atoms with Gasteiger partial charge in [-0.25, -0.2) is 0 Å². The zero-order valence-electron chi connectivity index (χ0n) is 22.3. The summed E-state index contributed by atoms with van der Waals surface area (Å²) < 4.78 is 0. The molecular weight excluding hydrogens is 360 g/mol. The van der Waals surface area contributed by atoms with Gasteiger partial charge >= 0.3 is 0 Å². The molecule has 0 saturated heterocycles. The topological polar surface area (TPSA) is 0 Å². The van der Waals surface area contributed by atoms with Gasteiger partial charge in [-0.3, -0.25) is 0 Å². The smallest absolute Gasteiger partial charge is 0.0207 e. The minimum absolute atomic E-state index is 0.509. The van der Waals surface area contributed by atoms with Crippen LogP contribution in [0.1, 0.15) is 133 Å². The zero-order chi connectivity index (χ0) is 22.3. The number of hydrogen-bond acceptors (Lipinski definition) is 0. The molecule has 3 aliphatic rings. The van der Waals surface area contributed by atoms with Gasteiger partial charge in [0.1, 0.15) is 0 Å². The van der Waals surface area contributed by atoms with Crippen LogP contribution in [0.15, 0.2) is 0 Å². The Balaban J connectivity index is 1.71. The SMILES string of the molecule is CCC(C)C(C)(CC)C(C)CC(CC)C1(C2CCC2C)CC1CCC1CCC1(C)C. The van der Waals surface area contributed by atoms with Gasteiger partial charge < -0.3 is 0 Å². The molecule has 0 spiro atoms. The lowest BCUT2D eigenvalue weighted by atomic mass is 9.56. The molecule has 0 heterocycles. The zero-order valence-corrected chi connectivity index (χ0v) is 22.3. The Morgan fingerprint density at radius 2 is 1.57 bits per heavy atom. The predicted octanol–water partition coefficient (Wildman–Crippen LogP) is 9.77. The van der Waals surface area contributed by atoms with Crippen LogP contribution in [0, 0.1) is 57.7 Å². The van der Waals surface area contributed by atoms with E-state index in [0.29, 0.717) is 10.8 Å². The molecule has 3 rings (SSSR count). The van der Waals surface area contributed by atoms with Crippen molar-refractivity contribution >= 4 is 0 Å².